The van der Waals surface area contributed by atoms with E-state index < -0.39 is 0 Å². The number of hydrogen-bond acceptors (Lipinski definition) is 3. The molecule has 2 aliphatic rings. The second kappa shape index (κ2) is 12.1. The minimum atomic E-state index is -0.320. The zero-order chi connectivity index (χ0) is 28.2. The number of thioether (sulfide) groups is 1. The van der Waals surface area contributed by atoms with Crippen molar-refractivity contribution in [3.8, 4) is 0 Å². The van der Waals surface area contributed by atoms with Gasteiger partial charge >= 0.3 is 0 Å². The lowest BCUT2D eigenvalue weighted by Crippen LogP contribution is -2.39. The number of fused-ring (bicyclic) bond motifs is 1. The van der Waals surface area contributed by atoms with E-state index in [0.29, 0.717) is 22.1 Å². The fourth-order valence-corrected chi connectivity index (χ4v) is 6.58. The van der Waals surface area contributed by atoms with Gasteiger partial charge in [-0.25, -0.2) is 4.39 Å². The van der Waals surface area contributed by atoms with Crippen molar-refractivity contribution >= 4 is 35.3 Å². The maximum atomic E-state index is 13.8. The van der Waals surface area contributed by atoms with E-state index in [2.05, 4.69) is 24.3 Å². The molecule has 206 valence electrons. The van der Waals surface area contributed by atoms with Gasteiger partial charge in [0.1, 0.15) is 5.82 Å². The van der Waals surface area contributed by atoms with Gasteiger partial charge in [-0.2, -0.15) is 0 Å². The number of hydrogen-bond donors (Lipinski definition) is 0. The number of benzene rings is 4. The van der Waals surface area contributed by atoms with Gasteiger partial charge in [0.25, 0.3) is 11.8 Å². The lowest BCUT2D eigenvalue weighted by molar-refractivity contribution is -0.114. The van der Waals surface area contributed by atoms with E-state index in [9.17, 15) is 14.0 Å². The van der Waals surface area contributed by atoms with Crippen LogP contribution in [0.25, 0.3) is 6.08 Å². The van der Waals surface area contributed by atoms with Gasteiger partial charge < -0.3 is 9.80 Å². The normalized spacial score (nSPS) is 16.6. The van der Waals surface area contributed by atoms with Crippen LogP contribution in [0.2, 0.25) is 0 Å². The Hall–Kier alpha value is -4.16. The first-order valence-corrected chi connectivity index (χ1v) is 14.8. The van der Waals surface area contributed by atoms with Crippen LogP contribution in [0.1, 0.15) is 39.9 Å². The van der Waals surface area contributed by atoms with Gasteiger partial charge in [-0.05, 0) is 78.3 Å². The average molecular weight is 563 g/mol. The molecule has 1 saturated heterocycles. The minimum absolute atomic E-state index is 0.00392. The molecule has 1 fully saturated rings. The number of rotatable bonds is 6. The third-order valence-corrected chi connectivity index (χ3v) is 8.87. The highest BCUT2D eigenvalue weighted by molar-refractivity contribution is 8.04. The van der Waals surface area contributed by atoms with E-state index in [-0.39, 0.29) is 24.2 Å². The molecular formula is C35H31FN2O2S. The zero-order valence-corrected chi connectivity index (χ0v) is 23.5. The van der Waals surface area contributed by atoms with Crippen molar-refractivity contribution in [1.29, 1.82) is 0 Å². The Morgan fingerprint density at radius 3 is 2.24 bits per heavy atom. The predicted molar refractivity (Wildman–Crippen MR) is 163 cm³/mol. The fourth-order valence-electron chi connectivity index (χ4n) is 5.54. The molecule has 0 saturated carbocycles. The van der Waals surface area contributed by atoms with E-state index in [1.54, 1.807) is 17.0 Å². The lowest BCUT2D eigenvalue weighted by atomic mass is 9.90. The van der Waals surface area contributed by atoms with Crippen molar-refractivity contribution < 1.29 is 14.0 Å². The van der Waals surface area contributed by atoms with Crippen LogP contribution in [-0.4, -0.2) is 29.8 Å². The minimum Gasteiger partial charge on any atom is -0.339 e. The van der Waals surface area contributed by atoms with E-state index in [1.807, 2.05) is 65.6 Å². The Labute approximate surface area is 244 Å². The van der Waals surface area contributed by atoms with Gasteiger partial charge in [0, 0.05) is 23.5 Å². The highest BCUT2D eigenvalue weighted by atomic mass is 32.2. The molecule has 41 heavy (non-hydrogen) atoms. The summed E-state index contributed by atoms with van der Waals surface area (Å²) in [6.45, 7) is 1.73. The summed E-state index contributed by atoms with van der Waals surface area (Å²) in [6, 6.07) is 32.1. The second-order valence-corrected chi connectivity index (χ2v) is 11.7. The SMILES string of the molecule is O=C(c1ccc2c(c1)N(Cc1ccc(F)cc1)C(=O)/C(=C/c1ccccc1)S2)N1CCC(Cc2ccccc2)CC1. The van der Waals surface area contributed by atoms with Gasteiger partial charge in [-0.3, -0.25) is 9.59 Å². The number of likely N-dealkylation sites (tertiary alicyclic amines) is 1. The predicted octanol–water partition coefficient (Wildman–Crippen LogP) is 7.60. The maximum Gasteiger partial charge on any atom is 0.265 e. The molecule has 4 aromatic rings. The van der Waals surface area contributed by atoms with E-state index in [0.717, 1.165) is 48.4 Å². The molecule has 0 aromatic heterocycles. The lowest BCUT2D eigenvalue weighted by Gasteiger charge is -2.33. The highest BCUT2D eigenvalue weighted by Crippen LogP contribution is 2.43. The first-order chi connectivity index (χ1) is 20.0. The molecule has 4 nitrogen and oxygen atoms in total. The van der Waals surface area contributed by atoms with Crippen LogP contribution < -0.4 is 4.90 Å². The standard InChI is InChI=1S/C35H31FN2O2S/c36-30-14-11-28(12-15-30)24-38-31-23-29(13-16-32(31)41-33(35(38)40)22-26-9-5-2-6-10-26)34(39)37-19-17-27(18-20-37)21-25-7-3-1-4-8-25/h1-16,22-23,27H,17-21,24H2/b33-22-. The van der Waals surface area contributed by atoms with Crippen LogP contribution in [0.3, 0.4) is 0 Å². The molecule has 6 rings (SSSR count). The number of halogens is 1. The Balaban J connectivity index is 1.24. The Morgan fingerprint density at radius 1 is 0.854 bits per heavy atom. The summed E-state index contributed by atoms with van der Waals surface area (Å²) in [4.78, 5) is 32.6. The monoisotopic (exact) mass is 562 g/mol. The molecule has 0 spiro atoms. The smallest absolute Gasteiger partial charge is 0.265 e. The molecule has 2 aliphatic heterocycles. The third-order valence-electron chi connectivity index (χ3n) is 7.79. The molecule has 0 atom stereocenters. The van der Waals surface area contributed by atoms with E-state index >= 15 is 0 Å². The van der Waals surface area contributed by atoms with Crippen molar-refractivity contribution in [3.63, 3.8) is 0 Å². The van der Waals surface area contributed by atoms with Crippen molar-refractivity contribution in [1.82, 2.24) is 4.90 Å². The summed E-state index contributed by atoms with van der Waals surface area (Å²) in [6.07, 6.45) is 4.89. The van der Waals surface area contributed by atoms with E-state index in [1.165, 1.54) is 29.5 Å². The summed E-state index contributed by atoms with van der Waals surface area (Å²) in [5, 5.41) is 0. The molecule has 2 amide bonds. The molecule has 0 unspecified atom stereocenters. The van der Waals surface area contributed by atoms with Crippen LogP contribution in [-0.2, 0) is 17.8 Å². The number of nitrogens with zero attached hydrogens (tertiary/aromatic N) is 2. The molecule has 4 aromatic carbocycles. The van der Waals surface area contributed by atoms with Crippen LogP contribution in [0.5, 0.6) is 0 Å². The van der Waals surface area contributed by atoms with Gasteiger partial charge in [0.15, 0.2) is 0 Å². The molecule has 6 heteroatoms. The van der Waals surface area contributed by atoms with Crippen molar-refractivity contribution in [2.45, 2.75) is 30.7 Å². The molecule has 0 aliphatic carbocycles. The third kappa shape index (κ3) is 6.28. The molecular weight excluding hydrogens is 531 g/mol. The summed E-state index contributed by atoms with van der Waals surface area (Å²) >= 11 is 1.42. The van der Waals surface area contributed by atoms with Crippen LogP contribution in [0.4, 0.5) is 10.1 Å². The number of anilines is 1. The highest BCUT2D eigenvalue weighted by Gasteiger charge is 2.31. The average Bonchev–Trinajstić information content (AvgIpc) is 3.01. The number of carbonyl (C=O) groups is 2. The molecule has 2 heterocycles. The summed E-state index contributed by atoms with van der Waals surface area (Å²) in [5.74, 6) is 0.109. The largest absolute Gasteiger partial charge is 0.339 e. The van der Waals surface area contributed by atoms with Gasteiger partial charge in [-0.15, -0.1) is 0 Å². The molecule has 0 radical (unpaired) electrons. The second-order valence-electron chi connectivity index (χ2n) is 10.6. The van der Waals surface area contributed by atoms with Gasteiger partial charge in [0.2, 0.25) is 0 Å². The summed E-state index contributed by atoms with van der Waals surface area (Å²) < 4.78 is 13.6. The Kier molecular flexibility index (Phi) is 8.01. The van der Waals surface area contributed by atoms with Crippen LogP contribution in [0.15, 0.2) is 113 Å². The van der Waals surface area contributed by atoms with Crippen molar-refractivity contribution in [2.24, 2.45) is 5.92 Å². The quantitative estimate of drug-likeness (QED) is 0.227. The maximum absolute atomic E-state index is 13.8. The van der Waals surface area contributed by atoms with Crippen molar-refractivity contribution in [2.75, 3.05) is 18.0 Å². The Bertz CT molecular complexity index is 1560. The fraction of sp³-hybridized carbons (Fsp3) is 0.200. The molecule has 0 bridgehead atoms. The van der Waals surface area contributed by atoms with E-state index in [4.69, 9.17) is 0 Å². The van der Waals surface area contributed by atoms with Gasteiger partial charge in [-0.1, -0.05) is 84.6 Å². The van der Waals surface area contributed by atoms with Gasteiger partial charge in [0.05, 0.1) is 17.1 Å². The number of carbonyl (C=O) groups excluding carboxylic acids is 2. The first-order valence-electron chi connectivity index (χ1n) is 14.0. The van der Waals surface area contributed by atoms with Crippen molar-refractivity contribution in [3.05, 3.63) is 136 Å². The van der Waals surface area contributed by atoms with Crippen LogP contribution in [0, 0.1) is 11.7 Å². The number of amides is 2. The zero-order valence-electron chi connectivity index (χ0n) is 22.7. The molecule has 0 N–H and O–H groups in total. The Morgan fingerprint density at radius 2 is 1.54 bits per heavy atom. The topological polar surface area (TPSA) is 40.6 Å². The first kappa shape index (κ1) is 27.0. The van der Waals surface area contributed by atoms with Crippen LogP contribution >= 0.6 is 11.8 Å². The number of piperidine rings is 1. The summed E-state index contributed by atoms with van der Waals surface area (Å²) in [5.41, 5.74) is 4.39. The summed E-state index contributed by atoms with van der Waals surface area (Å²) in [7, 11) is 0.